The molecule has 3 aliphatic rings. The standard InChI is InChI=1S/C22H25F2N5O/c1-21(2)13-6-7-22(21,17-11-29(20(25)30)9-8-26-17)19-12(13)10-16(27-28-19)18-14(23)4-3-5-15(18)24/h3-5,10,13,17,26H,6-9,11H2,1-2H3,(H2,25,30). The molecule has 2 bridgehead atoms. The van der Waals surface area contributed by atoms with Gasteiger partial charge >= 0.3 is 6.03 Å². The molecule has 1 saturated carbocycles. The van der Waals surface area contributed by atoms with Gasteiger partial charge in [-0.2, -0.15) is 10.2 Å². The molecule has 0 radical (unpaired) electrons. The molecule has 2 aromatic rings. The van der Waals surface area contributed by atoms with E-state index in [2.05, 4.69) is 29.4 Å². The SMILES string of the molecule is CC1(C)C2CCC1(C1CN(C(N)=O)CCN1)c1nnc(-c3c(F)cccc3F)cc12. The second-order valence-corrected chi connectivity index (χ2v) is 9.21. The van der Waals surface area contributed by atoms with Gasteiger partial charge in [0.1, 0.15) is 11.6 Å². The van der Waals surface area contributed by atoms with Gasteiger partial charge in [-0.3, -0.25) is 0 Å². The number of rotatable bonds is 2. The lowest BCUT2D eigenvalue weighted by molar-refractivity contribution is 0.0998. The Balaban J connectivity index is 1.62. The number of nitrogens with one attached hydrogen (secondary N) is 1. The van der Waals surface area contributed by atoms with E-state index < -0.39 is 17.7 Å². The van der Waals surface area contributed by atoms with Gasteiger partial charge < -0.3 is 16.0 Å². The van der Waals surface area contributed by atoms with E-state index in [-0.39, 0.29) is 34.0 Å². The smallest absolute Gasteiger partial charge is 0.314 e. The summed E-state index contributed by atoms with van der Waals surface area (Å²) in [5.41, 5.74) is 7.07. The minimum Gasteiger partial charge on any atom is -0.351 e. The van der Waals surface area contributed by atoms with E-state index in [1.807, 2.05) is 6.07 Å². The molecule has 1 saturated heterocycles. The van der Waals surface area contributed by atoms with Crippen LogP contribution in [0.15, 0.2) is 24.3 Å². The third-order valence-electron chi connectivity index (χ3n) is 7.77. The monoisotopic (exact) mass is 413 g/mol. The number of hydrogen-bond donors (Lipinski definition) is 2. The molecular formula is C22H25F2N5O. The van der Waals surface area contributed by atoms with Gasteiger partial charge in [-0.15, -0.1) is 0 Å². The Morgan fingerprint density at radius 1 is 1.27 bits per heavy atom. The van der Waals surface area contributed by atoms with E-state index in [1.165, 1.54) is 18.2 Å². The van der Waals surface area contributed by atoms with Gasteiger partial charge in [0.15, 0.2) is 0 Å². The zero-order valence-corrected chi connectivity index (χ0v) is 17.1. The van der Waals surface area contributed by atoms with Crippen LogP contribution in [0.3, 0.4) is 0 Å². The summed E-state index contributed by atoms with van der Waals surface area (Å²) < 4.78 is 28.7. The highest BCUT2D eigenvalue weighted by molar-refractivity contribution is 5.72. The minimum atomic E-state index is -0.646. The molecule has 8 heteroatoms. The second kappa shape index (κ2) is 6.44. The van der Waals surface area contributed by atoms with E-state index in [9.17, 15) is 13.6 Å². The molecule has 3 unspecified atom stereocenters. The lowest BCUT2D eigenvalue weighted by Gasteiger charge is -2.48. The van der Waals surface area contributed by atoms with Crippen molar-refractivity contribution in [1.82, 2.24) is 20.4 Å². The lowest BCUT2D eigenvalue weighted by atomic mass is 9.63. The number of nitrogens with two attached hydrogens (primary N) is 1. The van der Waals surface area contributed by atoms with Crippen LogP contribution in [0.2, 0.25) is 0 Å². The van der Waals surface area contributed by atoms with Gasteiger partial charge in [0.25, 0.3) is 0 Å². The van der Waals surface area contributed by atoms with Gasteiger partial charge in [-0.25, -0.2) is 13.6 Å². The minimum absolute atomic E-state index is 0.00894. The maximum atomic E-state index is 14.3. The zero-order chi connectivity index (χ0) is 21.3. The number of amides is 2. The van der Waals surface area contributed by atoms with E-state index in [1.54, 1.807) is 4.90 Å². The van der Waals surface area contributed by atoms with E-state index in [0.29, 0.717) is 19.6 Å². The third kappa shape index (κ3) is 2.40. The van der Waals surface area contributed by atoms with E-state index in [0.717, 1.165) is 24.1 Å². The fourth-order valence-electron chi connectivity index (χ4n) is 6.29. The number of piperazine rings is 1. The summed E-state index contributed by atoms with van der Waals surface area (Å²) in [4.78, 5) is 13.5. The number of aromatic nitrogens is 2. The first-order valence-electron chi connectivity index (χ1n) is 10.4. The fourth-order valence-corrected chi connectivity index (χ4v) is 6.29. The van der Waals surface area contributed by atoms with Crippen LogP contribution in [-0.2, 0) is 5.41 Å². The molecule has 0 spiro atoms. The van der Waals surface area contributed by atoms with Crippen molar-refractivity contribution in [1.29, 1.82) is 0 Å². The molecule has 6 nitrogen and oxygen atoms in total. The van der Waals surface area contributed by atoms with Crippen LogP contribution in [0.4, 0.5) is 13.6 Å². The first-order valence-corrected chi connectivity index (χ1v) is 10.4. The van der Waals surface area contributed by atoms with Gasteiger partial charge in [0.2, 0.25) is 0 Å². The Kier molecular flexibility index (Phi) is 4.16. The Morgan fingerprint density at radius 3 is 2.70 bits per heavy atom. The van der Waals surface area contributed by atoms with Gasteiger partial charge in [-0.1, -0.05) is 19.9 Å². The molecule has 1 aromatic carbocycles. The Hall–Kier alpha value is -2.61. The molecule has 3 N–H and O–H groups in total. The van der Waals surface area contributed by atoms with Crippen LogP contribution in [-0.4, -0.2) is 46.8 Å². The Bertz CT molecular complexity index is 1020. The molecule has 158 valence electrons. The van der Waals surface area contributed by atoms with Gasteiger partial charge in [0, 0.05) is 31.1 Å². The predicted molar refractivity (Wildman–Crippen MR) is 108 cm³/mol. The summed E-state index contributed by atoms with van der Waals surface area (Å²) in [7, 11) is 0. The number of primary amides is 1. The third-order valence-corrected chi connectivity index (χ3v) is 7.77. The maximum absolute atomic E-state index is 14.3. The predicted octanol–water partition coefficient (Wildman–Crippen LogP) is 2.93. The van der Waals surface area contributed by atoms with E-state index >= 15 is 0 Å². The average molecular weight is 413 g/mol. The number of carbonyl (C=O) groups excluding carboxylic acids is 1. The van der Waals surface area contributed by atoms with Crippen LogP contribution in [0.5, 0.6) is 0 Å². The van der Waals surface area contributed by atoms with Crippen molar-refractivity contribution in [3.63, 3.8) is 0 Å². The highest BCUT2D eigenvalue weighted by Gasteiger charge is 2.66. The number of fused-ring (bicyclic) bond motifs is 5. The summed E-state index contributed by atoms with van der Waals surface area (Å²) in [5, 5.41) is 12.4. The number of halogens is 2. The van der Waals surface area contributed by atoms with Crippen LogP contribution in [0.1, 0.15) is 43.9 Å². The van der Waals surface area contributed by atoms with Crippen molar-refractivity contribution in [3.05, 3.63) is 47.2 Å². The normalized spacial score (nSPS) is 29.1. The molecule has 1 aliphatic heterocycles. The average Bonchev–Trinajstić information content (AvgIpc) is 3.09. The molecule has 3 atom stereocenters. The van der Waals surface area contributed by atoms with Gasteiger partial charge in [-0.05, 0) is 47.9 Å². The van der Waals surface area contributed by atoms with Crippen LogP contribution in [0.25, 0.3) is 11.3 Å². The molecule has 5 rings (SSSR count). The van der Waals surface area contributed by atoms with Crippen molar-refractivity contribution >= 4 is 6.03 Å². The quantitative estimate of drug-likeness (QED) is 0.793. The van der Waals surface area contributed by atoms with Crippen molar-refractivity contribution in [3.8, 4) is 11.3 Å². The number of urea groups is 1. The van der Waals surface area contributed by atoms with E-state index in [4.69, 9.17) is 5.73 Å². The summed E-state index contributed by atoms with van der Waals surface area (Å²) in [6.07, 6.45) is 1.88. The van der Waals surface area contributed by atoms with Crippen molar-refractivity contribution in [2.45, 2.75) is 44.1 Å². The molecule has 30 heavy (non-hydrogen) atoms. The first-order chi connectivity index (χ1) is 14.3. The highest BCUT2D eigenvalue weighted by atomic mass is 19.1. The molecular weight excluding hydrogens is 388 g/mol. The summed E-state index contributed by atoms with van der Waals surface area (Å²) in [6.45, 7) is 6.20. The Labute approximate surface area is 173 Å². The molecule has 2 heterocycles. The number of hydrogen-bond acceptors (Lipinski definition) is 4. The number of nitrogens with zero attached hydrogens (tertiary/aromatic N) is 3. The summed E-state index contributed by atoms with van der Waals surface area (Å²) in [6, 6.07) is 5.19. The van der Waals surface area contributed by atoms with Crippen molar-refractivity contribution in [2.24, 2.45) is 11.1 Å². The molecule has 1 aromatic heterocycles. The lowest BCUT2D eigenvalue weighted by Crippen LogP contribution is -2.63. The molecule has 2 amide bonds. The topological polar surface area (TPSA) is 84.1 Å². The second-order valence-electron chi connectivity index (χ2n) is 9.21. The van der Waals surface area contributed by atoms with Crippen LogP contribution in [0, 0.1) is 17.0 Å². The zero-order valence-electron chi connectivity index (χ0n) is 17.1. The van der Waals surface area contributed by atoms with Crippen LogP contribution >= 0.6 is 0 Å². The first kappa shape index (κ1) is 19.4. The summed E-state index contributed by atoms with van der Waals surface area (Å²) >= 11 is 0. The Morgan fingerprint density at radius 2 is 2.00 bits per heavy atom. The number of carbonyl (C=O) groups is 1. The maximum Gasteiger partial charge on any atom is 0.314 e. The molecule has 2 fully saturated rings. The van der Waals surface area contributed by atoms with Crippen molar-refractivity contribution in [2.75, 3.05) is 19.6 Å². The fraction of sp³-hybridized carbons (Fsp3) is 0.500. The molecule has 2 aliphatic carbocycles. The van der Waals surface area contributed by atoms with Crippen molar-refractivity contribution < 1.29 is 13.6 Å². The van der Waals surface area contributed by atoms with Gasteiger partial charge in [0.05, 0.1) is 17.0 Å². The summed E-state index contributed by atoms with van der Waals surface area (Å²) in [5.74, 6) is -1.08. The van der Waals surface area contributed by atoms with Crippen LogP contribution < -0.4 is 11.1 Å². The highest BCUT2D eigenvalue weighted by Crippen LogP contribution is 2.68. The number of benzene rings is 1. The largest absolute Gasteiger partial charge is 0.351 e.